The first-order valence-corrected chi connectivity index (χ1v) is 9.64. The Morgan fingerprint density at radius 3 is 2.73 bits per heavy atom. The number of hydrogen-bond acceptors (Lipinski definition) is 5. The fourth-order valence-corrected chi connectivity index (χ4v) is 3.71. The van der Waals surface area contributed by atoms with Crippen molar-refractivity contribution >= 4 is 28.7 Å². The van der Waals surface area contributed by atoms with Gasteiger partial charge in [-0.2, -0.15) is 0 Å². The lowest BCUT2D eigenvalue weighted by Gasteiger charge is -2.25. The van der Waals surface area contributed by atoms with Gasteiger partial charge in [-0.1, -0.05) is 30.3 Å². The van der Waals surface area contributed by atoms with Crippen LogP contribution in [0.1, 0.15) is 43.8 Å². The summed E-state index contributed by atoms with van der Waals surface area (Å²) < 4.78 is 11.0. The second-order valence-electron chi connectivity index (χ2n) is 7.25. The van der Waals surface area contributed by atoms with Gasteiger partial charge in [0.15, 0.2) is 11.5 Å². The number of rotatable bonds is 3. The molecule has 2 heterocycles. The topological polar surface area (TPSA) is 81.4 Å². The molecule has 3 aromatic carbocycles. The first-order chi connectivity index (χ1) is 14.6. The number of nitrogens with zero attached hydrogens (tertiary/aromatic N) is 1. The van der Waals surface area contributed by atoms with Crippen LogP contribution in [0.25, 0.3) is 11.1 Å². The number of cyclic esters (lactones) is 1. The van der Waals surface area contributed by atoms with E-state index < -0.39 is 0 Å². The Kier molecular flexibility index (Phi) is 4.32. The van der Waals surface area contributed by atoms with Crippen LogP contribution in [-0.4, -0.2) is 16.9 Å². The molecule has 0 aliphatic carbocycles. The molecule has 1 aromatic heterocycles. The lowest BCUT2D eigenvalue weighted by Crippen LogP contribution is -2.23. The molecule has 5 rings (SSSR count). The number of carbonyl (C=O) groups excluding carboxylic acids is 2. The van der Waals surface area contributed by atoms with Crippen molar-refractivity contribution in [1.82, 2.24) is 4.98 Å². The number of aromatic nitrogens is 1. The molecule has 1 amide bonds. The van der Waals surface area contributed by atoms with E-state index in [0.29, 0.717) is 40.2 Å². The zero-order valence-corrected chi connectivity index (χ0v) is 16.2. The number of fused-ring (bicyclic) bond motifs is 2. The number of carbonyl (C=O) groups is 2. The van der Waals surface area contributed by atoms with Gasteiger partial charge in [0.2, 0.25) is 0 Å². The summed E-state index contributed by atoms with van der Waals surface area (Å²) in [7, 11) is 0. The van der Waals surface area contributed by atoms with E-state index in [2.05, 4.69) is 10.3 Å². The van der Waals surface area contributed by atoms with Crippen molar-refractivity contribution in [3.8, 4) is 0 Å². The first kappa shape index (κ1) is 18.1. The van der Waals surface area contributed by atoms with Crippen LogP contribution < -0.4 is 5.32 Å². The average Bonchev–Trinajstić information content (AvgIpc) is 3.13. The monoisotopic (exact) mass is 398 g/mol. The van der Waals surface area contributed by atoms with Crippen molar-refractivity contribution in [2.45, 2.75) is 19.4 Å². The van der Waals surface area contributed by atoms with Gasteiger partial charge in [-0.3, -0.25) is 4.79 Å². The Labute approximate surface area is 172 Å². The molecule has 0 spiro atoms. The van der Waals surface area contributed by atoms with Gasteiger partial charge < -0.3 is 14.5 Å². The minimum Gasteiger partial charge on any atom is -0.454 e. The Hall–Kier alpha value is -3.93. The van der Waals surface area contributed by atoms with Crippen LogP contribution in [0.5, 0.6) is 0 Å². The maximum absolute atomic E-state index is 12.8. The maximum atomic E-state index is 12.8. The molecule has 1 N–H and O–H groups in total. The van der Waals surface area contributed by atoms with E-state index in [1.54, 1.807) is 43.3 Å². The zero-order chi connectivity index (χ0) is 20.7. The fourth-order valence-electron chi connectivity index (χ4n) is 3.71. The molecule has 0 saturated heterocycles. The number of anilines is 1. The lowest BCUT2D eigenvalue weighted by atomic mass is 9.93. The first-order valence-electron chi connectivity index (χ1n) is 9.64. The standard InChI is InChI=1S/C24H18N2O4/c1-14-25-20-13-18(8-10-21(20)29-14)26-23(27)16-7-9-19-17(11-16)12-22(30-24(19)28)15-5-3-2-4-6-15/h2-11,13,22H,12H2,1H3,(H,26,27)/t22-/m1/s1. The zero-order valence-electron chi connectivity index (χ0n) is 16.2. The van der Waals surface area contributed by atoms with Gasteiger partial charge in [-0.25, -0.2) is 9.78 Å². The van der Waals surface area contributed by atoms with Crippen LogP contribution in [0.15, 0.2) is 71.1 Å². The molecule has 6 heteroatoms. The number of hydrogen-bond donors (Lipinski definition) is 1. The Morgan fingerprint density at radius 1 is 1.07 bits per heavy atom. The Morgan fingerprint density at radius 2 is 1.90 bits per heavy atom. The molecule has 0 saturated carbocycles. The molecule has 148 valence electrons. The predicted molar refractivity (Wildman–Crippen MR) is 111 cm³/mol. The van der Waals surface area contributed by atoms with Crippen LogP contribution in [0.4, 0.5) is 5.69 Å². The van der Waals surface area contributed by atoms with E-state index in [4.69, 9.17) is 9.15 Å². The quantitative estimate of drug-likeness (QED) is 0.499. The molecule has 0 bridgehead atoms. The molecular weight excluding hydrogens is 380 g/mol. The van der Waals surface area contributed by atoms with Gasteiger partial charge in [-0.05, 0) is 47.5 Å². The molecule has 4 aromatic rings. The molecule has 0 unspecified atom stereocenters. The van der Waals surface area contributed by atoms with Crippen LogP contribution in [-0.2, 0) is 11.2 Å². The summed E-state index contributed by atoms with van der Waals surface area (Å²) in [5.41, 5.74) is 4.69. The Bertz CT molecular complexity index is 1280. The van der Waals surface area contributed by atoms with Crippen molar-refractivity contribution < 1.29 is 18.7 Å². The van der Waals surface area contributed by atoms with Crippen molar-refractivity contribution in [2.75, 3.05) is 5.32 Å². The summed E-state index contributed by atoms with van der Waals surface area (Å²) in [5.74, 6) is -0.0560. The summed E-state index contributed by atoms with van der Waals surface area (Å²) in [5, 5.41) is 2.88. The number of amides is 1. The van der Waals surface area contributed by atoms with Gasteiger partial charge in [0.25, 0.3) is 5.91 Å². The van der Waals surface area contributed by atoms with Gasteiger partial charge >= 0.3 is 5.97 Å². The third-order valence-electron chi connectivity index (χ3n) is 5.17. The summed E-state index contributed by atoms with van der Waals surface area (Å²) in [4.78, 5) is 29.5. The number of aryl methyl sites for hydroxylation is 1. The predicted octanol–water partition coefficient (Wildman–Crippen LogP) is 4.84. The van der Waals surface area contributed by atoms with E-state index in [-0.39, 0.29) is 18.0 Å². The van der Waals surface area contributed by atoms with Gasteiger partial charge in [-0.15, -0.1) is 0 Å². The third kappa shape index (κ3) is 3.33. The minimum atomic E-state index is -0.371. The molecule has 6 nitrogen and oxygen atoms in total. The molecule has 0 fully saturated rings. The summed E-state index contributed by atoms with van der Waals surface area (Å²) in [6.45, 7) is 1.78. The van der Waals surface area contributed by atoms with Crippen LogP contribution in [0, 0.1) is 6.92 Å². The minimum absolute atomic E-state index is 0.257. The largest absolute Gasteiger partial charge is 0.454 e. The molecular formula is C24H18N2O4. The van der Waals surface area contributed by atoms with Crippen LogP contribution >= 0.6 is 0 Å². The Balaban J connectivity index is 1.40. The van der Waals surface area contributed by atoms with Crippen molar-refractivity contribution in [3.63, 3.8) is 0 Å². The van der Waals surface area contributed by atoms with E-state index in [9.17, 15) is 9.59 Å². The summed E-state index contributed by atoms with van der Waals surface area (Å²) in [6, 6.07) is 20.0. The van der Waals surface area contributed by atoms with Crippen molar-refractivity contribution in [2.24, 2.45) is 0 Å². The number of oxazole rings is 1. The average molecular weight is 398 g/mol. The van der Waals surface area contributed by atoms with E-state index in [0.717, 1.165) is 11.1 Å². The van der Waals surface area contributed by atoms with Crippen molar-refractivity contribution in [3.05, 3.63) is 94.9 Å². The SMILES string of the molecule is Cc1nc2cc(NC(=O)c3ccc4c(c3)C[C@H](c3ccccc3)OC4=O)ccc2o1. The van der Waals surface area contributed by atoms with Gasteiger partial charge in [0, 0.05) is 24.6 Å². The van der Waals surface area contributed by atoms with Crippen molar-refractivity contribution in [1.29, 1.82) is 0 Å². The summed E-state index contributed by atoms with van der Waals surface area (Å²) in [6.07, 6.45) is 0.165. The molecule has 1 aliphatic heterocycles. The lowest BCUT2D eigenvalue weighted by molar-refractivity contribution is 0.0252. The molecule has 1 aliphatic rings. The fraction of sp³-hybridized carbons (Fsp3) is 0.125. The van der Waals surface area contributed by atoms with Crippen LogP contribution in [0.2, 0.25) is 0 Å². The number of benzene rings is 3. The highest BCUT2D eigenvalue weighted by atomic mass is 16.5. The van der Waals surface area contributed by atoms with E-state index in [1.807, 2.05) is 30.3 Å². The van der Waals surface area contributed by atoms with Gasteiger partial charge in [0.1, 0.15) is 11.6 Å². The highest BCUT2D eigenvalue weighted by molar-refractivity contribution is 6.06. The number of esters is 1. The van der Waals surface area contributed by atoms with E-state index in [1.165, 1.54) is 0 Å². The highest BCUT2D eigenvalue weighted by Crippen LogP contribution is 2.31. The number of ether oxygens (including phenoxy) is 1. The highest BCUT2D eigenvalue weighted by Gasteiger charge is 2.28. The maximum Gasteiger partial charge on any atom is 0.339 e. The molecule has 1 atom stereocenters. The second kappa shape index (κ2) is 7.15. The second-order valence-corrected chi connectivity index (χ2v) is 7.25. The molecule has 30 heavy (non-hydrogen) atoms. The van der Waals surface area contributed by atoms with E-state index >= 15 is 0 Å². The smallest absolute Gasteiger partial charge is 0.339 e. The van der Waals surface area contributed by atoms with Gasteiger partial charge in [0.05, 0.1) is 5.56 Å². The normalized spacial score (nSPS) is 15.5. The summed E-state index contributed by atoms with van der Waals surface area (Å²) >= 11 is 0. The third-order valence-corrected chi connectivity index (χ3v) is 5.17. The van der Waals surface area contributed by atoms with Crippen LogP contribution in [0.3, 0.4) is 0 Å². The number of nitrogens with one attached hydrogen (secondary N) is 1. The molecule has 0 radical (unpaired) electrons.